The Hall–Kier alpha value is -3.20. The van der Waals surface area contributed by atoms with Gasteiger partial charge in [0.15, 0.2) is 17.3 Å². The molecule has 0 saturated carbocycles. The van der Waals surface area contributed by atoms with Crippen LogP contribution in [0.4, 0.5) is 24.7 Å². The summed E-state index contributed by atoms with van der Waals surface area (Å²) in [5.41, 5.74) is 2.33. The van der Waals surface area contributed by atoms with Crippen molar-refractivity contribution in [3.63, 3.8) is 0 Å². The molecule has 2 aromatic carbocycles. The summed E-state index contributed by atoms with van der Waals surface area (Å²) in [5.74, 6) is -0.266. The molecule has 9 heteroatoms. The summed E-state index contributed by atoms with van der Waals surface area (Å²) >= 11 is 0. The van der Waals surface area contributed by atoms with Gasteiger partial charge in [-0.1, -0.05) is 12.1 Å². The Morgan fingerprint density at radius 2 is 1.56 bits per heavy atom. The molecule has 0 atom stereocenters. The number of para-hydroxylation sites is 2. The molecule has 128 valence electrons. The van der Waals surface area contributed by atoms with Crippen LogP contribution in [-0.2, 0) is 6.18 Å². The quantitative estimate of drug-likeness (QED) is 0.329. The molecule has 0 saturated heterocycles. The lowest BCUT2D eigenvalue weighted by Crippen LogP contribution is -2.22. The Bertz CT molecular complexity index is 925. The summed E-state index contributed by atoms with van der Waals surface area (Å²) < 4.78 is 37.9. The molecule has 1 aromatic heterocycles. The van der Waals surface area contributed by atoms with Crippen LogP contribution >= 0.6 is 0 Å². The van der Waals surface area contributed by atoms with Crippen molar-refractivity contribution in [2.24, 2.45) is 0 Å². The maximum absolute atomic E-state index is 12.6. The van der Waals surface area contributed by atoms with Crippen LogP contribution in [-0.4, -0.2) is 21.0 Å². The number of benzene rings is 2. The predicted molar refractivity (Wildman–Crippen MR) is 86.0 cm³/mol. The summed E-state index contributed by atoms with van der Waals surface area (Å²) in [4.78, 5) is 8.57. The highest BCUT2D eigenvalue weighted by atomic mass is 19.4. The fourth-order valence-corrected chi connectivity index (χ4v) is 2.19. The molecule has 0 aliphatic heterocycles. The van der Waals surface area contributed by atoms with Crippen molar-refractivity contribution >= 4 is 28.4 Å². The van der Waals surface area contributed by atoms with E-state index < -0.39 is 17.6 Å². The Kier molecular flexibility index (Phi) is 4.24. The van der Waals surface area contributed by atoms with E-state index >= 15 is 0 Å². The zero-order valence-electron chi connectivity index (χ0n) is 12.6. The summed E-state index contributed by atoms with van der Waals surface area (Å²) in [5, 5.41) is 19.5. The summed E-state index contributed by atoms with van der Waals surface area (Å²) in [7, 11) is 0. The van der Waals surface area contributed by atoms with Gasteiger partial charge in [0, 0.05) is 5.69 Å². The van der Waals surface area contributed by atoms with E-state index in [9.17, 15) is 13.2 Å². The van der Waals surface area contributed by atoms with E-state index in [-0.39, 0.29) is 11.5 Å². The Labute approximate surface area is 139 Å². The molecule has 0 aliphatic rings. The van der Waals surface area contributed by atoms with Gasteiger partial charge >= 0.3 is 6.18 Å². The zero-order valence-corrected chi connectivity index (χ0v) is 12.6. The molecular formula is C16H12F3N5O. The average Bonchev–Trinajstić information content (AvgIpc) is 2.60. The number of amidine groups is 1. The number of hydrogen-bond acceptors (Lipinski definition) is 5. The van der Waals surface area contributed by atoms with Crippen LogP contribution in [0.25, 0.3) is 11.0 Å². The van der Waals surface area contributed by atoms with E-state index in [4.69, 9.17) is 10.6 Å². The van der Waals surface area contributed by atoms with Crippen LogP contribution in [0.2, 0.25) is 0 Å². The highest BCUT2D eigenvalue weighted by molar-refractivity contribution is 6.00. The van der Waals surface area contributed by atoms with Crippen molar-refractivity contribution in [3.05, 3.63) is 59.8 Å². The van der Waals surface area contributed by atoms with Crippen molar-refractivity contribution in [2.45, 2.75) is 6.18 Å². The number of hydrogen-bond donors (Lipinski definition) is 4. The van der Waals surface area contributed by atoms with Crippen LogP contribution in [0.1, 0.15) is 11.3 Å². The minimum absolute atomic E-state index is 0.0288. The number of aromatic nitrogens is 2. The number of rotatable bonds is 3. The Morgan fingerprint density at radius 3 is 2.12 bits per heavy atom. The average molecular weight is 347 g/mol. The Morgan fingerprint density at radius 1 is 0.960 bits per heavy atom. The van der Waals surface area contributed by atoms with Crippen LogP contribution < -0.4 is 10.8 Å². The molecule has 0 amide bonds. The lowest BCUT2D eigenvalue weighted by atomic mass is 10.2. The van der Waals surface area contributed by atoms with E-state index in [1.807, 2.05) is 0 Å². The third-order valence-electron chi connectivity index (χ3n) is 3.39. The van der Waals surface area contributed by atoms with Gasteiger partial charge in [0.05, 0.1) is 16.6 Å². The van der Waals surface area contributed by atoms with Crippen LogP contribution in [0.15, 0.2) is 48.5 Å². The van der Waals surface area contributed by atoms with Gasteiger partial charge in [-0.15, -0.1) is 0 Å². The summed E-state index contributed by atoms with van der Waals surface area (Å²) in [6, 6.07) is 11.3. The van der Waals surface area contributed by atoms with Crippen LogP contribution in [0.5, 0.6) is 0 Å². The number of alkyl halides is 3. The first kappa shape index (κ1) is 16.7. The SMILES string of the molecule is N=C(NO)c1nc2ccccc2nc1Nc1ccc(C(F)(F)F)cc1. The van der Waals surface area contributed by atoms with Crippen molar-refractivity contribution < 1.29 is 18.4 Å². The molecule has 25 heavy (non-hydrogen) atoms. The van der Waals surface area contributed by atoms with Crippen molar-refractivity contribution in [3.8, 4) is 0 Å². The van der Waals surface area contributed by atoms with Gasteiger partial charge in [0.25, 0.3) is 0 Å². The predicted octanol–water partition coefficient (Wildman–Crippen LogP) is 3.70. The zero-order chi connectivity index (χ0) is 18.0. The second-order valence-electron chi connectivity index (χ2n) is 5.10. The standard InChI is InChI=1S/C16H12F3N5O/c17-16(18,19)9-5-7-10(8-6-9)21-15-13(14(20)24-25)22-11-3-1-2-4-12(11)23-15/h1-8,25H,(H2,20,24)(H,21,23). The highest BCUT2D eigenvalue weighted by Crippen LogP contribution is 2.30. The minimum atomic E-state index is -4.42. The third-order valence-corrected chi connectivity index (χ3v) is 3.39. The maximum Gasteiger partial charge on any atom is 0.416 e. The molecule has 0 fully saturated rings. The van der Waals surface area contributed by atoms with Crippen molar-refractivity contribution in [2.75, 3.05) is 5.32 Å². The molecule has 0 aliphatic carbocycles. The fraction of sp³-hybridized carbons (Fsp3) is 0.0625. The first-order valence-corrected chi connectivity index (χ1v) is 7.08. The molecule has 4 N–H and O–H groups in total. The molecule has 3 aromatic rings. The molecule has 0 spiro atoms. The second kappa shape index (κ2) is 6.36. The summed E-state index contributed by atoms with van der Waals surface area (Å²) in [6.45, 7) is 0. The number of halogens is 3. The Balaban J connectivity index is 2.00. The number of fused-ring (bicyclic) bond motifs is 1. The maximum atomic E-state index is 12.6. The topological polar surface area (TPSA) is 93.9 Å². The largest absolute Gasteiger partial charge is 0.416 e. The van der Waals surface area contributed by atoms with Gasteiger partial charge in [-0.3, -0.25) is 16.1 Å². The van der Waals surface area contributed by atoms with E-state index in [0.29, 0.717) is 16.7 Å². The molecule has 0 radical (unpaired) electrons. The van der Waals surface area contributed by atoms with Crippen LogP contribution in [0.3, 0.4) is 0 Å². The van der Waals surface area contributed by atoms with Crippen LogP contribution in [0, 0.1) is 5.41 Å². The molecule has 1 heterocycles. The monoisotopic (exact) mass is 347 g/mol. The first-order chi connectivity index (χ1) is 11.9. The second-order valence-corrected chi connectivity index (χ2v) is 5.10. The normalized spacial score (nSPS) is 11.4. The van der Waals surface area contributed by atoms with Crippen molar-refractivity contribution in [1.29, 1.82) is 5.41 Å². The van der Waals surface area contributed by atoms with Gasteiger partial charge < -0.3 is 5.32 Å². The third kappa shape index (κ3) is 3.50. The lowest BCUT2D eigenvalue weighted by Gasteiger charge is -2.13. The number of nitrogens with one attached hydrogen (secondary N) is 3. The van der Waals surface area contributed by atoms with Gasteiger partial charge in [0.2, 0.25) is 0 Å². The van der Waals surface area contributed by atoms with E-state index in [1.165, 1.54) is 12.1 Å². The number of hydroxylamine groups is 1. The molecule has 3 rings (SSSR count). The molecular weight excluding hydrogens is 335 g/mol. The number of nitrogens with zero attached hydrogens (tertiary/aromatic N) is 2. The van der Waals surface area contributed by atoms with E-state index in [0.717, 1.165) is 12.1 Å². The first-order valence-electron chi connectivity index (χ1n) is 7.08. The minimum Gasteiger partial charge on any atom is -0.338 e. The van der Waals surface area contributed by atoms with Gasteiger partial charge in [-0.05, 0) is 36.4 Å². The van der Waals surface area contributed by atoms with Gasteiger partial charge in [-0.25, -0.2) is 9.97 Å². The highest BCUT2D eigenvalue weighted by Gasteiger charge is 2.30. The van der Waals surface area contributed by atoms with E-state index in [1.54, 1.807) is 29.7 Å². The number of anilines is 2. The van der Waals surface area contributed by atoms with E-state index in [2.05, 4.69) is 15.3 Å². The molecule has 0 bridgehead atoms. The summed E-state index contributed by atoms with van der Waals surface area (Å²) in [6.07, 6.45) is -4.42. The smallest absolute Gasteiger partial charge is 0.338 e. The fourth-order valence-electron chi connectivity index (χ4n) is 2.19. The molecule has 6 nitrogen and oxygen atoms in total. The van der Waals surface area contributed by atoms with Gasteiger partial charge in [0.1, 0.15) is 0 Å². The lowest BCUT2D eigenvalue weighted by molar-refractivity contribution is -0.137. The van der Waals surface area contributed by atoms with Gasteiger partial charge in [-0.2, -0.15) is 13.2 Å². The molecule has 0 unspecified atom stereocenters. The van der Waals surface area contributed by atoms with Crippen molar-refractivity contribution in [1.82, 2.24) is 15.4 Å².